The molecule has 106 valence electrons. The second-order valence-electron chi connectivity index (χ2n) is 4.57. The van der Waals surface area contributed by atoms with Gasteiger partial charge in [0.25, 0.3) is 0 Å². The molecule has 0 bridgehead atoms. The molecule has 0 fully saturated rings. The number of nitrogens with two attached hydrogens (primary N) is 1. The van der Waals surface area contributed by atoms with E-state index in [0.29, 0.717) is 31.1 Å². The molecular formula is C13H12F3N3O. The molecule has 1 aromatic carbocycles. The van der Waals surface area contributed by atoms with Crippen molar-refractivity contribution in [1.82, 2.24) is 9.78 Å². The average molecular weight is 283 g/mol. The zero-order chi connectivity index (χ0) is 14.3. The van der Waals surface area contributed by atoms with Crippen LogP contribution in [0.1, 0.15) is 16.8 Å². The van der Waals surface area contributed by atoms with Gasteiger partial charge in [0.15, 0.2) is 5.82 Å². The van der Waals surface area contributed by atoms with Gasteiger partial charge < -0.3 is 10.5 Å². The minimum Gasteiger partial charge on any atom is -0.382 e. The van der Waals surface area contributed by atoms with Crippen molar-refractivity contribution in [3.63, 3.8) is 0 Å². The number of halogens is 3. The molecule has 2 aromatic rings. The van der Waals surface area contributed by atoms with Crippen LogP contribution in [0.5, 0.6) is 0 Å². The fourth-order valence-corrected chi connectivity index (χ4v) is 2.27. The minimum absolute atomic E-state index is 0.361. The van der Waals surface area contributed by atoms with Crippen molar-refractivity contribution in [2.75, 3.05) is 12.3 Å². The van der Waals surface area contributed by atoms with Crippen molar-refractivity contribution >= 4 is 5.82 Å². The molecule has 0 amide bonds. The molecule has 4 nitrogen and oxygen atoms in total. The Morgan fingerprint density at radius 1 is 1.20 bits per heavy atom. The number of benzene rings is 1. The van der Waals surface area contributed by atoms with Crippen molar-refractivity contribution in [3.8, 4) is 5.69 Å². The lowest BCUT2D eigenvalue weighted by Gasteiger charge is -2.15. The van der Waals surface area contributed by atoms with Gasteiger partial charge in [0, 0.05) is 12.0 Å². The zero-order valence-corrected chi connectivity index (χ0v) is 10.4. The van der Waals surface area contributed by atoms with Gasteiger partial charge in [-0.2, -0.15) is 18.3 Å². The first kappa shape index (κ1) is 13.0. The number of nitrogens with zero attached hydrogens (tertiary/aromatic N) is 2. The molecule has 20 heavy (non-hydrogen) atoms. The highest BCUT2D eigenvalue weighted by atomic mass is 19.4. The largest absolute Gasteiger partial charge is 0.416 e. The molecule has 0 atom stereocenters. The minimum atomic E-state index is -4.34. The molecule has 7 heteroatoms. The Morgan fingerprint density at radius 3 is 2.55 bits per heavy atom. The highest BCUT2D eigenvalue weighted by molar-refractivity contribution is 5.48. The van der Waals surface area contributed by atoms with Crippen LogP contribution in [0.3, 0.4) is 0 Å². The number of ether oxygens (including phenoxy) is 1. The number of hydrogen-bond acceptors (Lipinski definition) is 3. The third kappa shape index (κ3) is 2.14. The summed E-state index contributed by atoms with van der Waals surface area (Å²) >= 11 is 0. The molecule has 0 radical (unpaired) electrons. The van der Waals surface area contributed by atoms with Crippen molar-refractivity contribution < 1.29 is 17.9 Å². The SMILES string of the molecule is Nc1nn(-c2ccc(C(F)(F)F)cc2)c2c1COCC2. The van der Waals surface area contributed by atoms with Gasteiger partial charge in [0.1, 0.15) is 0 Å². The number of nitrogen functional groups attached to an aromatic ring is 1. The first-order valence-electron chi connectivity index (χ1n) is 6.08. The van der Waals surface area contributed by atoms with Crippen molar-refractivity contribution in [2.24, 2.45) is 0 Å². The van der Waals surface area contributed by atoms with E-state index in [-0.39, 0.29) is 0 Å². The number of rotatable bonds is 1. The number of aromatic nitrogens is 2. The number of alkyl halides is 3. The van der Waals surface area contributed by atoms with Crippen LogP contribution in [0, 0.1) is 0 Å². The van der Waals surface area contributed by atoms with E-state index < -0.39 is 11.7 Å². The Kier molecular flexibility index (Phi) is 2.93. The Morgan fingerprint density at radius 2 is 1.90 bits per heavy atom. The predicted octanol–water partition coefficient (Wildman–Crippen LogP) is 2.55. The molecule has 0 saturated heterocycles. The molecule has 0 unspecified atom stereocenters. The molecule has 1 aliphatic heterocycles. The van der Waals surface area contributed by atoms with Crippen LogP contribution in [0.15, 0.2) is 24.3 Å². The molecule has 1 aliphatic rings. The second kappa shape index (κ2) is 4.52. The van der Waals surface area contributed by atoms with E-state index in [0.717, 1.165) is 23.4 Å². The van der Waals surface area contributed by atoms with Crippen LogP contribution in [-0.4, -0.2) is 16.4 Å². The van der Waals surface area contributed by atoms with Crippen LogP contribution in [0.25, 0.3) is 5.69 Å². The van der Waals surface area contributed by atoms with Crippen LogP contribution < -0.4 is 5.73 Å². The summed E-state index contributed by atoms with van der Waals surface area (Å²) in [5.74, 6) is 0.361. The average Bonchev–Trinajstić information content (AvgIpc) is 2.76. The molecule has 0 aliphatic carbocycles. The Bertz CT molecular complexity index is 632. The maximum absolute atomic E-state index is 12.5. The zero-order valence-electron chi connectivity index (χ0n) is 10.4. The Hall–Kier alpha value is -2.02. The molecule has 2 N–H and O–H groups in total. The third-order valence-electron chi connectivity index (χ3n) is 3.29. The topological polar surface area (TPSA) is 53.1 Å². The van der Waals surface area contributed by atoms with E-state index in [2.05, 4.69) is 5.10 Å². The summed E-state index contributed by atoms with van der Waals surface area (Å²) in [5, 5.41) is 4.19. The van der Waals surface area contributed by atoms with E-state index in [9.17, 15) is 13.2 Å². The molecular weight excluding hydrogens is 271 g/mol. The molecule has 3 rings (SSSR count). The van der Waals surface area contributed by atoms with Gasteiger partial charge in [-0.1, -0.05) is 0 Å². The maximum Gasteiger partial charge on any atom is 0.416 e. The lowest BCUT2D eigenvalue weighted by atomic mass is 10.1. The summed E-state index contributed by atoms with van der Waals surface area (Å²) in [6.07, 6.45) is -3.70. The quantitative estimate of drug-likeness (QED) is 0.875. The van der Waals surface area contributed by atoms with E-state index in [1.165, 1.54) is 12.1 Å². The standard InChI is InChI=1S/C13H12F3N3O/c14-13(15,16)8-1-3-9(4-2-8)19-11-5-6-20-7-10(11)12(17)18-19/h1-4H,5-7H2,(H2,17,18). The second-order valence-corrected chi connectivity index (χ2v) is 4.57. The van der Waals surface area contributed by atoms with E-state index >= 15 is 0 Å². The summed E-state index contributed by atoms with van der Waals surface area (Å²) in [6.45, 7) is 0.945. The fourth-order valence-electron chi connectivity index (χ4n) is 2.27. The molecule has 1 aromatic heterocycles. The smallest absolute Gasteiger partial charge is 0.382 e. The lowest BCUT2D eigenvalue weighted by molar-refractivity contribution is -0.137. The molecule has 2 heterocycles. The van der Waals surface area contributed by atoms with E-state index in [1.807, 2.05) is 0 Å². The first-order valence-corrected chi connectivity index (χ1v) is 6.08. The van der Waals surface area contributed by atoms with Gasteiger partial charge in [-0.25, -0.2) is 4.68 Å². The Labute approximate surface area is 112 Å². The van der Waals surface area contributed by atoms with E-state index in [1.54, 1.807) is 4.68 Å². The summed E-state index contributed by atoms with van der Waals surface area (Å²) in [7, 11) is 0. The molecule has 0 spiro atoms. The highest BCUT2D eigenvalue weighted by Crippen LogP contribution is 2.30. The van der Waals surface area contributed by atoms with Crippen molar-refractivity contribution in [2.45, 2.75) is 19.2 Å². The predicted molar refractivity (Wildman–Crippen MR) is 66.3 cm³/mol. The number of hydrogen-bond donors (Lipinski definition) is 1. The van der Waals surface area contributed by atoms with E-state index in [4.69, 9.17) is 10.5 Å². The molecule has 0 saturated carbocycles. The summed E-state index contributed by atoms with van der Waals surface area (Å²) < 4.78 is 44.5. The summed E-state index contributed by atoms with van der Waals surface area (Å²) in [5.41, 5.74) is 7.40. The summed E-state index contributed by atoms with van der Waals surface area (Å²) in [6, 6.07) is 4.87. The van der Waals surface area contributed by atoms with Gasteiger partial charge in [-0.05, 0) is 24.3 Å². The van der Waals surface area contributed by atoms with Crippen molar-refractivity contribution in [3.05, 3.63) is 41.1 Å². The van der Waals surface area contributed by atoms with Gasteiger partial charge in [-0.3, -0.25) is 0 Å². The monoisotopic (exact) mass is 283 g/mol. The lowest BCUT2D eigenvalue weighted by Crippen LogP contribution is -2.13. The highest BCUT2D eigenvalue weighted by Gasteiger charge is 2.30. The van der Waals surface area contributed by atoms with Gasteiger partial charge >= 0.3 is 6.18 Å². The van der Waals surface area contributed by atoms with Gasteiger partial charge in [0.2, 0.25) is 0 Å². The van der Waals surface area contributed by atoms with Crippen LogP contribution >= 0.6 is 0 Å². The van der Waals surface area contributed by atoms with Gasteiger partial charge in [-0.15, -0.1) is 0 Å². The number of fused-ring (bicyclic) bond motifs is 1. The van der Waals surface area contributed by atoms with Crippen molar-refractivity contribution in [1.29, 1.82) is 0 Å². The third-order valence-corrected chi connectivity index (χ3v) is 3.29. The van der Waals surface area contributed by atoms with Crippen LogP contribution in [0.4, 0.5) is 19.0 Å². The first-order chi connectivity index (χ1) is 9.47. The van der Waals surface area contributed by atoms with Crippen LogP contribution in [0.2, 0.25) is 0 Å². The summed E-state index contributed by atoms with van der Waals surface area (Å²) in [4.78, 5) is 0. The van der Waals surface area contributed by atoms with Crippen LogP contribution in [-0.2, 0) is 23.9 Å². The normalized spacial score (nSPS) is 15.2. The Balaban J connectivity index is 2.01. The number of anilines is 1. The van der Waals surface area contributed by atoms with Gasteiger partial charge in [0.05, 0.1) is 30.2 Å². The fraction of sp³-hybridized carbons (Fsp3) is 0.308. The maximum atomic E-state index is 12.5.